The third-order valence-corrected chi connectivity index (χ3v) is 8.68. The number of esters is 2. The van der Waals surface area contributed by atoms with Crippen LogP contribution in [0.15, 0.2) is 77.6 Å². The van der Waals surface area contributed by atoms with Crippen LogP contribution in [0.5, 0.6) is 0 Å². The second kappa shape index (κ2) is 13.4. The highest BCUT2D eigenvalue weighted by Gasteiger charge is 2.25. The number of pyridine rings is 1. The van der Waals surface area contributed by atoms with Gasteiger partial charge < -0.3 is 20.1 Å². The molecule has 0 aliphatic heterocycles. The topological polar surface area (TPSA) is 124 Å². The molecule has 3 heterocycles. The number of hydrogen-bond donors (Lipinski definition) is 2. The van der Waals surface area contributed by atoms with Crippen molar-refractivity contribution >= 4 is 79.6 Å². The second-order valence-corrected chi connectivity index (χ2v) is 11.7. The lowest BCUT2D eigenvalue weighted by Gasteiger charge is -2.09. The summed E-state index contributed by atoms with van der Waals surface area (Å²) in [5.41, 5.74) is 3.16. The standard InChI is InChI=1S/C31H21Cl2N3O6S2/c1-41-30(39)24-21(16-3-8-19(32)9-4-16)14-43-28(24)35-26(37)18-7-12-23(34-13-18)27(38)36-29-25(31(40)42-2)22(15-44-29)17-5-10-20(33)11-6-17/h3-15H,1-2H3,(H,35,37)(H,36,38). The predicted molar refractivity (Wildman–Crippen MR) is 172 cm³/mol. The lowest BCUT2D eigenvalue weighted by Crippen LogP contribution is -2.17. The van der Waals surface area contributed by atoms with E-state index in [1.54, 1.807) is 59.3 Å². The Morgan fingerprint density at radius 3 is 1.52 bits per heavy atom. The van der Waals surface area contributed by atoms with Crippen molar-refractivity contribution in [1.29, 1.82) is 0 Å². The van der Waals surface area contributed by atoms with E-state index in [1.165, 1.54) is 32.5 Å². The first-order valence-corrected chi connectivity index (χ1v) is 15.2. The van der Waals surface area contributed by atoms with E-state index in [2.05, 4.69) is 15.6 Å². The van der Waals surface area contributed by atoms with Crippen LogP contribution in [0.25, 0.3) is 22.3 Å². The Labute approximate surface area is 269 Å². The number of ether oxygens (including phenoxy) is 2. The minimum atomic E-state index is -0.620. The summed E-state index contributed by atoms with van der Waals surface area (Å²) >= 11 is 14.3. The first-order chi connectivity index (χ1) is 21.2. The Morgan fingerprint density at radius 1 is 0.659 bits per heavy atom. The summed E-state index contributed by atoms with van der Waals surface area (Å²) in [5.74, 6) is -2.37. The molecule has 0 aliphatic carbocycles. The molecule has 9 nitrogen and oxygen atoms in total. The molecule has 0 unspecified atom stereocenters. The third-order valence-electron chi connectivity index (χ3n) is 6.38. The fourth-order valence-corrected chi connectivity index (χ4v) is 6.35. The number of halogens is 2. The zero-order valence-corrected chi connectivity index (χ0v) is 26.1. The Hall–Kier alpha value is -4.55. The molecule has 2 N–H and O–H groups in total. The van der Waals surface area contributed by atoms with Crippen LogP contribution in [-0.2, 0) is 9.47 Å². The maximum Gasteiger partial charge on any atom is 0.341 e. The Morgan fingerprint density at radius 2 is 1.11 bits per heavy atom. The number of carbonyl (C=O) groups excluding carboxylic acids is 4. The van der Waals surface area contributed by atoms with Crippen molar-refractivity contribution in [3.63, 3.8) is 0 Å². The maximum atomic E-state index is 13.1. The first kappa shape index (κ1) is 30.9. The smallest absolute Gasteiger partial charge is 0.341 e. The van der Waals surface area contributed by atoms with Crippen LogP contribution in [-0.4, -0.2) is 43.0 Å². The van der Waals surface area contributed by atoms with Crippen molar-refractivity contribution in [2.75, 3.05) is 24.9 Å². The highest BCUT2D eigenvalue weighted by atomic mass is 35.5. The second-order valence-electron chi connectivity index (χ2n) is 9.04. The highest BCUT2D eigenvalue weighted by molar-refractivity contribution is 7.15. The number of aromatic nitrogens is 1. The zero-order chi connectivity index (χ0) is 31.4. The van der Waals surface area contributed by atoms with Gasteiger partial charge in [-0.1, -0.05) is 47.5 Å². The number of nitrogens with zero attached hydrogens (tertiary/aromatic N) is 1. The van der Waals surface area contributed by atoms with Gasteiger partial charge in [-0.05, 0) is 47.5 Å². The fourth-order valence-electron chi connectivity index (χ4n) is 4.20. The molecule has 3 aromatic heterocycles. The largest absolute Gasteiger partial charge is 0.465 e. The van der Waals surface area contributed by atoms with Gasteiger partial charge in [-0.2, -0.15) is 0 Å². The average molecular weight is 667 g/mol. The monoisotopic (exact) mass is 665 g/mol. The van der Waals surface area contributed by atoms with Gasteiger partial charge in [-0.3, -0.25) is 14.6 Å². The molecule has 13 heteroatoms. The van der Waals surface area contributed by atoms with E-state index in [4.69, 9.17) is 32.7 Å². The van der Waals surface area contributed by atoms with Crippen LogP contribution < -0.4 is 10.6 Å². The Bertz CT molecular complexity index is 1730. The van der Waals surface area contributed by atoms with E-state index in [-0.39, 0.29) is 32.4 Å². The number of rotatable bonds is 8. The van der Waals surface area contributed by atoms with E-state index >= 15 is 0 Å². The molecular formula is C31H21Cl2N3O6S2. The van der Waals surface area contributed by atoms with Crippen LogP contribution in [0, 0.1) is 0 Å². The lowest BCUT2D eigenvalue weighted by atomic mass is 10.0. The van der Waals surface area contributed by atoms with Gasteiger partial charge in [0.1, 0.15) is 26.8 Å². The van der Waals surface area contributed by atoms with Gasteiger partial charge in [0.15, 0.2) is 0 Å². The number of hydrogen-bond acceptors (Lipinski definition) is 9. The normalized spacial score (nSPS) is 10.6. The molecule has 0 spiro atoms. The maximum absolute atomic E-state index is 13.1. The molecule has 0 bridgehead atoms. The summed E-state index contributed by atoms with van der Waals surface area (Å²) in [4.78, 5) is 55.6. The van der Waals surface area contributed by atoms with Crippen molar-refractivity contribution in [2.45, 2.75) is 0 Å². The van der Waals surface area contributed by atoms with Crippen LogP contribution in [0.2, 0.25) is 10.0 Å². The van der Waals surface area contributed by atoms with E-state index in [9.17, 15) is 19.2 Å². The number of amides is 2. The van der Waals surface area contributed by atoms with Crippen molar-refractivity contribution in [3.05, 3.63) is 110 Å². The summed E-state index contributed by atoms with van der Waals surface area (Å²) in [6.45, 7) is 0. The van der Waals surface area contributed by atoms with Crippen LogP contribution in [0.3, 0.4) is 0 Å². The van der Waals surface area contributed by atoms with Crippen molar-refractivity contribution in [2.24, 2.45) is 0 Å². The zero-order valence-electron chi connectivity index (χ0n) is 23.0. The summed E-state index contributed by atoms with van der Waals surface area (Å²) < 4.78 is 9.92. The van der Waals surface area contributed by atoms with Gasteiger partial charge in [0.25, 0.3) is 11.8 Å². The molecule has 0 fully saturated rings. The summed E-state index contributed by atoms with van der Waals surface area (Å²) in [6.07, 6.45) is 1.24. The molecule has 0 saturated carbocycles. The van der Waals surface area contributed by atoms with E-state index in [0.29, 0.717) is 21.2 Å². The Kier molecular flexibility index (Phi) is 9.40. The molecule has 222 valence electrons. The fraction of sp³-hybridized carbons (Fsp3) is 0.0645. The minimum Gasteiger partial charge on any atom is -0.465 e. The molecule has 0 saturated heterocycles. The number of anilines is 2. The number of benzene rings is 2. The molecule has 0 aliphatic rings. The summed E-state index contributed by atoms with van der Waals surface area (Å²) in [5, 5.41) is 10.6. The van der Waals surface area contributed by atoms with E-state index in [1.807, 2.05) is 0 Å². The quantitative estimate of drug-likeness (QED) is 0.161. The summed E-state index contributed by atoms with van der Waals surface area (Å²) in [7, 11) is 2.51. The van der Waals surface area contributed by atoms with Crippen molar-refractivity contribution in [1.82, 2.24) is 4.98 Å². The average Bonchev–Trinajstić information content (AvgIpc) is 3.65. The lowest BCUT2D eigenvalue weighted by molar-refractivity contribution is 0.0594. The van der Waals surface area contributed by atoms with Gasteiger partial charge in [0, 0.05) is 38.1 Å². The number of carbonyl (C=O) groups is 4. The molecule has 5 aromatic rings. The molecule has 0 radical (unpaired) electrons. The SMILES string of the molecule is COC(=O)c1c(-c2ccc(Cl)cc2)csc1NC(=O)c1ccc(C(=O)Nc2scc(-c3ccc(Cl)cc3)c2C(=O)OC)nc1. The number of methoxy groups -OCH3 is 2. The molecule has 44 heavy (non-hydrogen) atoms. The molecule has 2 aromatic carbocycles. The molecular weight excluding hydrogens is 645 g/mol. The van der Waals surface area contributed by atoms with Gasteiger partial charge in [-0.25, -0.2) is 9.59 Å². The van der Waals surface area contributed by atoms with Crippen molar-refractivity contribution in [3.8, 4) is 22.3 Å². The van der Waals surface area contributed by atoms with Gasteiger partial charge in [0.05, 0.1) is 19.8 Å². The van der Waals surface area contributed by atoms with E-state index in [0.717, 1.165) is 33.8 Å². The van der Waals surface area contributed by atoms with Gasteiger partial charge >= 0.3 is 11.9 Å². The van der Waals surface area contributed by atoms with Crippen LogP contribution in [0.4, 0.5) is 10.0 Å². The predicted octanol–water partition coefficient (Wildman–Crippen LogP) is 7.92. The molecule has 0 atom stereocenters. The number of thiophene rings is 2. The van der Waals surface area contributed by atoms with Gasteiger partial charge in [-0.15, -0.1) is 22.7 Å². The van der Waals surface area contributed by atoms with Crippen molar-refractivity contribution < 1.29 is 28.7 Å². The summed E-state index contributed by atoms with van der Waals surface area (Å²) in [6, 6.07) is 16.6. The van der Waals surface area contributed by atoms with Crippen LogP contribution >= 0.6 is 45.9 Å². The highest BCUT2D eigenvalue weighted by Crippen LogP contribution is 2.38. The molecule has 2 amide bonds. The number of nitrogens with one attached hydrogen (secondary N) is 2. The minimum absolute atomic E-state index is 0.00945. The van der Waals surface area contributed by atoms with Gasteiger partial charge in [0.2, 0.25) is 0 Å². The van der Waals surface area contributed by atoms with E-state index < -0.39 is 23.8 Å². The third kappa shape index (κ3) is 6.51. The van der Waals surface area contributed by atoms with Crippen LogP contribution in [0.1, 0.15) is 41.6 Å². The Balaban J connectivity index is 1.34. The first-order valence-electron chi connectivity index (χ1n) is 12.7. The molecule has 5 rings (SSSR count).